The van der Waals surface area contributed by atoms with E-state index in [1.165, 1.54) is 30.9 Å². The van der Waals surface area contributed by atoms with E-state index in [1.807, 2.05) is 0 Å². The average molecular weight is 383 g/mol. The summed E-state index contributed by atoms with van der Waals surface area (Å²) in [5.41, 5.74) is 1.54. The minimum absolute atomic E-state index is 0.816. The van der Waals surface area contributed by atoms with Gasteiger partial charge in [0.2, 0.25) is 0 Å². The molecule has 0 amide bonds. The molecule has 1 atom stereocenters. The van der Waals surface area contributed by atoms with Gasteiger partial charge < -0.3 is 0 Å². The predicted molar refractivity (Wildman–Crippen MR) is 124 cm³/mol. The first-order valence-electron chi connectivity index (χ1n) is 10.3. The lowest BCUT2D eigenvalue weighted by atomic mass is 10.1. The molecule has 0 radical (unpaired) electrons. The van der Waals surface area contributed by atoms with E-state index in [2.05, 4.69) is 101 Å². The average Bonchev–Trinajstić information content (AvgIpc) is 2.59. The van der Waals surface area contributed by atoms with Gasteiger partial charge in [0.05, 0.1) is 16.1 Å². The van der Waals surface area contributed by atoms with E-state index < -0.39 is 16.1 Å². The van der Waals surface area contributed by atoms with E-state index in [4.69, 9.17) is 0 Å². The largest absolute Gasteiger partial charge is 0.0811 e. The van der Waals surface area contributed by atoms with Crippen LogP contribution in [0.2, 0.25) is 31.4 Å². The van der Waals surface area contributed by atoms with E-state index >= 15 is 0 Å². The molecule has 0 saturated heterocycles. The van der Waals surface area contributed by atoms with Gasteiger partial charge in [0.15, 0.2) is 0 Å². The molecule has 1 unspecified atom stereocenters. The van der Waals surface area contributed by atoms with Crippen molar-refractivity contribution in [2.24, 2.45) is 5.92 Å². The lowest BCUT2D eigenvalue weighted by Gasteiger charge is -2.43. The van der Waals surface area contributed by atoms with Crippen molar-refractivity contribution in [3.05, 3.63) is 66.2 Å². The van der Waals surface area contributed by atoms with Gasteiger partial charge in [-0.25, -0.2) is 0 Å². The van der Waals surface area contributed by atoms with E-state index in [1.54, 1.807) is 5.19 Å². The van der Waals surface area contributed by atoms with Crippen molar-refractivity contribution in [3.8, 4) is 0 Å². The van der Waals surface area contributed by atoms with Gasteiger partial charge in [-0.2, -0.15) is 0 Å². The molecule has 0 bridgehead atoms. The van der Waals surface area contributed by atoms with Crippen molar-refractivity contribution in [2.75, 3.05) is 0 Å². The zero-order valence-corrected chi connectivity index (χ0v) is 19.8. The van der Waals surface area contributed by atoms with E-state index in [0.29, 0.717) is 0 Å². The molecule has 0 N–H and O–H groups in total. The summed E-state index contributed by atoms with van der Waals surface area (Å²) >= 11 is 0. The normalized spacial score (nSPS) is 13.8. The molecule has 2 rings (SSSR count). The SMILES string of the molecule is CC(C)CCCC([Si](C)(C)Cc1ccccc1)[Si](C)(C)c1ccccc1. The van der Waals surface area contributed by atoms with Gasteiger partial charge in [0, 0.05) is 0 Å². The van der Waals surface area contributed by atoms with Gasteiger partial charge >= 0.3 is 0 Å². The Morgan fingerprint density at radius 1 is 0.731 bits per heavy atom. The Balaban J connectivity index is 2.29. The Bertz CT molecular complexity index is 644. The monoisotopic (exact) mass is 382 g/mol. The molecule has 0 heterocycles. The minimum atomic E-state index is -1.51. The summed E-state index contributed by atoms with van der Waals surface area (Å²) in [6, 6.07) is 23.9. The molecular formula is C24H38Si2. The van der Waals surface area contributed by atoms with Crippen molar-refractivity contribution in [1.82, 2.24) is 0 Å². The van der Waals surface area contributed by atoms with Gasteiger partial charge in [0.25, 0.3) is 0 Å². The van der Waals surface area contributed by atoms with Crippen LogP contribution in [0.1, 0.15) is 38.7 Å². The van der Waals surface area contributed by atoms with Crippen LogP contribution in [-0.2, 0) is 6.04 Å². The summed E-state index contributed by atoms with van der Waals surface area (Å²) in [7, 11) is -2.91. The summed E-state index contributed by atoms with van der Waals surface area (Å²) in [4.78, 5) is 0. The first-order chi connectivity index (χ1) is 12.2. The Labute approximate surface area is 164 Å². The second kappa shape index (κ2) is 9.19. The van der Waals surface area contributed by atoms with E-state index in [-0.39, 0.29) is 0 Å². The quantitative estimate of drug-likeness (QED) is 0.417. The summed E-state index contributed by atoms with van der Waals surface area (Å²) in [6.45, 7) is 15.3. The first-order valence-corrected chi connectivity index (χ1v) is 16.7. The Morgan fingerprint density at radius 2 is 1.27 bits per heavy atom. The maximum atomic E-state index is 2.65. The van der Waals surface area contributed by atoms with Crippen LogP contribution >= 0.6 is 0 Å². The number of hydrogen-bond acceptors (Lipinski definition) is 0. The molecule has 0 spiro atoms. The smallest absolute Gasteiger partial charge is 0.0691 e. The topological polar surface area (TPSA) is 0 Å². The van der Waals surface area contributed by atoms with Crippen molar-refractivity contribution in [1.29, 1.82) is 0 Å². The van der Waals surface area contributed by atoms with Crippen LogP contribution in [0.4, 0.5) is 0 Å². The molecule has 2 aromatic rings. The molecule has 0 saturated carbocycles. The number of benzene rings is 2. The summed E-state index contributed by atoms with van der Waals surface area (Å²) < 4.78 is 0. The van der Waals surface area contributed by atoms with E-state index in [0.717, 1.165) is 11.1 Å². The van der Waals surface area contributed by atoms with Crippen molar-refractivity contribution in [2.45, 2.75) is 70.5 Å². The molecule has 2 heteroatoms. The van der Waals surface area contributed by atoms with Crippen LogP contribution in [0.15, 0.2) is 60.7 Å². The lowest BCUT2D eigenvalue weighted by Crippen LogP contribution is -2.56. The van der Waals surface area contributed by atoms with Gasteiger partial charge in [-0.1, -0.05) is 131 Å². The maximum absolute atomic E-state index is 2.65. The Morgan fingerprint density at radius 3 is 1.81 bits per heavy atom. The molecular weight excluding hydrogens is 344 g/mol. The highest BCUT2D eigenvalue weighted by Gasteiger charge is 2.43. The predicted octanol–water partition coefficient (Wildman–Crippen LogP) is 6.83. The first kappa shape index (κ1) is 21.2. The third kappa shape index (κ3) is 5.69. The number of rotatable bonds is 9. The Kier molecular flexibility index (Phi) is 7.48. The van der Waals surface area contributed by atoms with Crippen LogP contribution in [0, 0.1) is 5.92 Å². The van der Waals surface area contributed by atoms with Crippen LogP contribution in [0.5, 0.6) is 0 Å². The zero-order valence-electron chi connectivity index (χ0n) is 17.8. The molecule has 0 aliphatic heterocycles. The van der Waals surface area contributed by atoms with Crippen molar-refractivity contribution in [3.63, 3.8) is 0 Å². The summed E-state index contributed by atoms with van der Waals surface area (Å²) in [5.74, 6) is 0.816. The van der Waals surface area contributed by atoms with Gasteiger partial charge in [-0.3, -0.25) is 0 Å². The molecule has 0 nitrogen and oxygen atoms in total. The van der Waals surface area contributed by atoms with Crippen LogP contribution < -0.4 is 5.19 Å². The highest BCUT2D eigenvalue weighted by Crippen LogP contribution is 2.38. The number of hydrogen-bond donors (Lipinski definition) is 0. The third-order valence-corrected chi connectivity index (χ3v) is 18.0. The van der Waals surface area contributed by atoms with E-state index in [9.17, 15) is 0 Å². The van der Waals surface area contributed by atoms with Crippen LogP contribution in [0.3, 0.4) is 0 Å². The fraction of sp³-hybridized carbons (Fsp3) is 0.500. The van der Waals surface area contributed by atoms with Crippen LogP contribution in [0.25, 0.3) is 0 Å². The maximum Gasteiger partial charge on any atom is 0.0811 e. The molecule has 142 valence electrons. The highest BCUT2D eigenvalue weighted by atomic mass is 28.4. The Hall–Kier alpha value is -1.13. The van der Waals surface area contributed by atoms with Crippen molar-refractivity contribution < 1.29 is 0 Å². The highest BCUT2D eigenvalue weighted by molar-refractivity contribution is 7.03. The second-order valence-electron chi connectivity index (χ2n) is 9.62. The van der Waals surface area contributed by atoms with Crippen molar-refractivity contribution >= 4 is 21.3 Å². The standard InChI is InChI=1S/C24H38Si2/c1-21(2)14-13-19-24(26(5,6)23-17-11-8-12-18-23)25(3,4)20-22-15-9-7-10-16-22/h7-12,15-18,21,24H,13-14,19-20H2,1-6H3. The third-order valence-electron chi connectivity index (χ3n) is 6.11. The molecule has 0 aliphatic carbocycles. The molecule has 0 aromatic heterocycles. The van der Waals surface area contributed by atoms with Crippen LogP contribution in [-0.4, -0.2) is 16.1 Å². The lowest BCUT2D eigenvalue weighted by molar-refractivity contribution is 0.541. The summed E-state index contributed by atoms with van der Waals surface area (Å²) in [6.07, 6.45) is 4.17. The fourth-order valence-electron chi connectivity index (χ4n) is 4.77. The van der Waals surface area contributed by atoms with Gasteiger partial charge in [-0.15, -0.1) is 0 Å². The summed E-state index contributed by atoms with van der Waals surface area (Å²) in [5, 5.41) is 2.56. The van der Waals surface area contributed by atoms with Gasteiger partial charge in [-0.05, 0) is 17.1 Å². The zero-order chi connectivity index (χ0) is 19.2. The second-order valence-corrected chi connectivity index (χ2v) is 19.9. The minimum Gasteiger partial charge on any atom is -0.0691 e. The molecule has 2 aromatic carbocycles. The molecule has 0 aliphatic rings. The molecule has 26 heavy (non-hydrogen) atoms. The van der Waals surface area contributed by atoms with Gasteiger partial charge in [0.1, 0.15) is 0 Å². The fourth-order valence-corrected chi connectivity index (χ4v) is 18.3. The molecule has 0 fully saturated rings.